The van der Waals surface area contributed by atoms with Crippen LogP contribution in [-0.4, -0.2) is 0 Å². The van der Waals surface area contributed by atoms with Crippen molar-refractivity contribution in [1.82, 2.24) is 0 Å². The minimum Gasteiger partial charge on any atom is -1.00 e. The van der Waals surface area contributed by atoms with Gasteiger partial charge in [0.05, 0.1) is 0 Å². The van der Waals surface area contributed by atoms with Crippen LogP contribution in [0.5, 0.6) is 0 Å². The van der Waals surface area contributed by atoms with E-state index < -0.39 is 0 Å². The fourth-order valence-electron chi connectivity index (χ4n) is 0.556. The Kier molecular flexibility index (Phi) is 9.29. The maximum Gasteiger partial charge on any atom is 0 e. The third-order valence-corrected chi connectivity index (χ3v) is 1.57. The van der Waals surface area contributed by atoms with Crippen LogP contribution in [0.15, 0.2) is 4.48 Å². The molecule has 0 aliphatic heterocycles. The van der Waals surface area contributed by atoms with Crippen LogP contribution in [-0.2, 0) is 19.5 Å². The first kappa shape index (κ1) is 11.9. The van der Waals surface area contributed by atoms with E-state index >= 15 is 0 Å². The summed E-state index contributed by atoms with van der Waals surface area (Å²) in [6.07, 6.45) is 6.81. The molecule has 0 atom stereocenters. The Hall–Kier alpha value is 1.13. The quantitative estimate of drug-likeness (QED) is 0.494. The Balaban J connectivity index is 0. The largest absolute Gasteiger partial charge is 1.00 e. The van der Waals surface area contributed by atoms with E-state index in [0.29, 0.717) is 0 Å². The van der Waals surface area contributed by atoms with Gasteiger partial charge in [-0.15, -0.1) is 0 Å². The van der Waals surface area contributed by atoms with Gasteiger partial charge in [-0.1, -0.05) is 15.9 Å². The summed E-state index contributed by atoms with van der Waals surface area (Å²) >= 11 is 3.34. The van der Waals surface area contributed by atoms with Gasteiger partial charge in [0.1, 0.15) is 0 Å². The molecule has 0 amide bonds. The number of hydrogen-bond donors (Lipinski definition) is 0. The van der Waals surface area contributed by atoms with Gasteiger partial charge in [0.2, 0.25) is 0 Å². The Bertz CT molecular complexity index is 82.5. The van der Waals surface area contributed by atoms with Crippen LogP contribution in [0.3, 0.4) is 0 Å². The summed E-state index contributed by atoms with van der Waals surface area (Å²) in [7, 11) is 0. The van der Waals surface area contributed by atoms with Crippen LogP contribution in [0.1, 0.15) is 19.3 Å². The van der Waals surface area contributed by atoms with Gasteiger partial charge >= 0.3 is 0 Å². The van der Waals surface area contributed by atoms with E-state index in [9.17, 15) is 0 Å². The van der Waals surface area contributed by atoms with Crippen molar-refractivity contribution in [3.63, 3.8) is 0 Å². The molecule has 0 bridgehead atoms. The molecule has 1 rings (SSSR count). The van der Waals surface area contributed by atoms with Crippen LogP contribution >= 0.6 is 15.9 Å². The van der Waals surface area contributed by atoms with Crippen LogP contribution < -0.4 is 12.4 Å². The molecule has 0 aromatic heterocycles. The Morgan fingerprint density at radius 1 is 1.50 bits per heavy atom. The SMILES string of the molecule is BrC1=[C]CCC1.[Cl-].[Zn]. The van der Waals surface area contributed by atoms with Crippen molar-refractivity contribution in [2.24, 2.45) is 0 Å². The molecular weight excluding hydrogens is 241 g/mol. The van der Waals surface area contributed by atoms with Crippen LogP contribution in [0.25, 0.3) is 0 Å². The summed E-state index contributed by atoms with van der Waals surface area (Å²) in [4.78, 5) is 0. The minimum absolute atomic E-state index is 0. The van der Waals surface area contributed by atoms with Crippen molar-refractivity contribution in [2.75, 3.05) is 0 Å². The molecule has 0 fully saturated rings. The fraction of sp³-hybridized carbons (Fsp3) is 0.600. The van der Waals surface area contributed by atoms with Gasteiger partial charge < -0.3 is 12.4 Å². The fourth-order valence-corrected chi connectivity index (χ4v) is 1.03. The van der Waals surface area contributed by atoms with E-state index in [4.69, 9.17) is 0 Å². The molecule has 43 valence electrons. The Labute approximate surface area is 77.4 Å². The number of hydrogen-bond acceptors (Lipinski definition) is 0. The van der Waals surface area contributed by atoms with Crippen molar-refractivity contribution in [3.8, 4) is 0 Å². The molecule has 0 N–H and O–H groups in total. The van der Waals surface area contributed by atoms with Crippen LogP contribution in [0.4, 0.5) is 0 Å². The maximum atomic E-state index is 3.34. The summed E-state index contributed by atoms with van der Waals surface area (Å²) in [5.74, 6) is 0. The number of halogens is 2. The normalized spacial score (nSPS) is 15.9. The summed E-state index contributed by atoms with van der Waals surface area (Å²) in [5.41, 5.74) is 0. The Morgan fingerprint density at radius 3 is 2.25 bits per heavy atom. The molecule has 0 aromatic carbocycles. The van der Waals surface area contributed by atoms with Crippen molar-refractivity contribution in [2.45, 2.75) is 19.3 Å². The molecule has 1 aliphatic carbocycles. The molecule has 0 saturated heterocycles. The van der Waals surface area contributed by atoms with Crippen molar-refractivity contribution in [3.05, 3.63) is 10.6 Å². The van der Waals surface area contributed by atoms with Gasteiger partial charge in [0.15, 0.2) is 0 Å². The van der Waals surface area contributed by atoms with Gasteiger partial charge in [0, 0.05) is 19.5 Å². The molecule has 0 spiro atoms. The first-order valence-electron chi connectivity index (χ1n) is 2.15. The molecule has 1 aliphatic rings. The second kappa shape index (κ2) is 6.26. The number of allylic oxidation sites excluding steroid dienone is 2. The average Bonchev–Trinajstić information content (AvgIpc) is 1.86. The second-order valence-electron chi connectivity index (χ2n) is 1.44. The monoisotopic (exact) mass is 244 g/mol. The third-order valence-electron chi connectivity index (χ3n) is 0.890. The topological polar surface area (TPSA) is 0 Å². The predicted molar refractivity (Wildman–Crippen MR) is 29.5 cm³/mol. The molecule has 1 radical (unpaired) electrons. The zero-order chi connectivity index (χ0) is 4.41. The van der Waals surface area contributed by atoms with Gasteiger partial charge in [-0.25, -0.2) is 0 Å². The molecule has 0 saturated carbocycles. The summed E-state index contributed by atoms with van der Waals surface area (Å²) in [6.45, 7) is 0. The van der Waals surface area contributed by atoms with Crippen molar-refractivity contribution in [1.29, 1.82) is 0 Å². The maximum absolute atomic E-state index is 3.34. The van der Waals surface area contributed by atoms with E-state index in [0.717, 1.165) is 6.42 Å². The molecule has 0 aromatic rings. The second-order valence-corrected chi connectivity index (χ2v) is 2.39. The first-order valence-corrected chi connectivity index (χ1v) is 2.94. The van der Waals surface area contributed by atoms with Crippen LogP contribution in [0.2, 0.25) is 0 Å². The van der Waals surface area contributed by atoms with Crippen molar-refractivity contribution >= 4 is 15.9 Å². The Morgan fingerprint density at radius 2 is 2.12 bits per heavy atom. The minimum atomic E-state index is 0. The van der Waals surface area contributed by atoms with Gasteiger partial charge in [0.25, 0.3) is 0 Å². The van der Waals surface area contributed by atoms with Gasteiger partial charge in [-0.05, 0) is 29.8 Å². The molecule has 8 heavy (non-hydrogen) atoms. The molecule has 3 heteroatoms. The predicted octanol–water partition coefficient (Wildman–Crippen LogP) is -0.746. The standard InChI is InChI=1S/C5H6Br.ClH.Zn/c6-5-3-1-2-4-5;;/h1-3H2;1H;/p-1. The molecule has 0 nitrogen and oxygen atoms in total. The van der Waals surface area contributed by atoms with E-state index in [2.05, 4.69) is 22.0 Å². The van der Waals surface area contributed by atoms with E-state index in [1.807, 2.05) is 0 Å². The van der Waals surface area contributed by atoms with Crippen LogP contribution in [0, 0.1) is 6.08 Å². The van der Waals surface area contributed by atoms with E-state index in [-0.39, 0.29) is 31.9 Å². The van der Waals surface area contributed by atoms with Gasteiger partial charge in [-0.3, -0.25) is 0 Å². The summed E-state index contributed by atoms with van der Waals surface area (Å²) < 4.78 is 1.27. The number of rotatable bonds is 0. The zero-order valence-electron chi connectivity index (χ0n) is 4.58. The summed E-state index contributed by atoms with van der Waals surface area (Å²) in [6, 6.07) is 0. The molecule has 0 unspecified atom stereocenters. The summed E-state index contributed by atoms with van der Waals surface area (Å²) in [5, 5.41) is 0. The average molecular weight is 247 g/mol. The van der Waals surface area contributed by atoms with E-state index in [1.54, 1.807) is 0 Å². The smallest absolute Gasteiger partial charge is 0 e. The third kappa shape index (κ3) is 4.06. The van der Waals surface area contributed by atoms with Crippen molar-refractivity contribution < 1.29 is 31.9 Å². The van der Waals surface area contributed by atoms with Gasteiger partial charge in [-0.2, -0.15) is 0 Å². The molecule has 0 heterocycles. The zero-order valence-corrected chi connectivity index (χ0v) is 9.89. The molecular formula is C5H6BrClZn-. The first-order chi connectivity index (χ1) is 2.89. The van der Waals surface area contributed by atoms with E-state index in [1.165, 1.54) is 17.3 Å².